The highest BCUT2D eigenvalue weighted by molar-refractivity contribution is 6.11. The number of hydrogen-bond donors (Lipinski definition) is 0. The highest BCUT2D eigenvalue weighted by Crippen LogP contribution is 2.54. The maximum Gasteiger partial charge on any atom is 0.228 e. The van der Waals surface area contributed by atoms with Crippen LogP contribution in [0.25, 0.3) is 21.7 Å². The molecule has 0 N–H and O–H groups in total. The van der Waals surface area contributed by atoms with Crippen LogP contribution in [0.1, 0.15) is 32.8 Å². The van der Waals surface area contributed by atoms with Crippen LogP contribution in [0, 0.1) is 0 Å². The van der Waals surface area contributed by atoms with Gasteiger partial charge in [-0.1, -0.05) is 43.3 Å². The van der Waals surface area contributed by atoms with Crippen LogP contribution < -0.4 is 9.64 Å². The highest BCUT2D eigenvalue weighted by atomic mass is 16.5. The van der Waals surface area contributed by atoms with Gasteiger partial charge in [0.15, 0.2) is 0 Å². The predicted octanol–water partition coefficient (Wildman–Crippen LogP) is 6.39. The number of nitrogens with zero attached hydrogens (tertiary/aromatic N) is 3. The fourth-order valence-electron chi connectivity index (χ4n) is 5.35. The summed E-state index contributed by atoms with van der Waals surface area (Å²) in [6, 6.07) is 21.1. The van der Waals surface area contributed by atoms with E-state index in [0.717, 1.165) is 46.1 Å². The van der Waals surface area contributed by atoms with Crippen LogP contribution in [0.5, 0.6) is 5.75 Å². The number of para-hydroxylation sites is 1. The highest BCUT2D eigenvalue weighted by Gasteiger charge is 2.59. The van der Waals surface area contributed by atoms with Gasteiger partial charge in [0, 0.05) is 34.6 Å². The Morgan fingerprint density at radius 3 is 2.65 bits per heavy atom. The van der Waals surface area contributed by atoms with Crippen LogP contribution in [0.3, 0.4) is 0 Å². The fraction of sp³-hybridized carbons (Fsp3) is 0.259. The maximum absolute atomic E-state index is 6.92. The molecule has 1 atom stereocenters. The van der Waals surface area contributed by atoms with Gasteiger partial charge in [-0.25, -0.2) is 0 Å². The number of pyridine rings is 1. The SMILES string of the molecule is CCCN1c2ccccc2C(C)(C)C12C=Nc1c(ccc3c1ccc1cccnc13)O2. The average molecular weight is 408 g/mol. The molecule has 3 heterocycles. The number of ether oxygens (including phenoxy) is 1. The second kappa shape index (κ2) is 6.30. The molecule has 0 saturated heterocycles. The predicted molar refractivity (Wildman–Crippen MR) is 128 cm³/mol. The molecule has 1 unspecified atom stereocenters. The van der Waals surface area contributed by atoms with Gasteiger partial charge < -0.3 is 9.64 Å². The molecule has 1 spiro atoms. The van der Waals surface area contributed by atoms with Gasteiger partial charge in [-0.3, -0.25) is 9.98 Å². The van der Waals surface area contributed by atoms with E-state index in [2.05, 4.69) is 85.3 Å². The normalized spacial score (nSPS) is 20.8. The van der Waals surface area contributed by atoms with Crippen molar-refractivity contribution in [2.24, 2.45) is 4.99 Å². The molecule has 2 aliphatic rings. The molecule has 0 radical (unpaired) electrons. The summed E-state index contributed by atoms with van der Waals surface area (Å²) in [5.74, 6) is 0.826. The summed E-state index contributed by atoms with van der Waals surface area (Å²) in [4.78, 5) is 12.1. The monoisotopic (exact) mass is 407 g/mol. The Kier molecular flexibility index (Phi) is 3.73. The Labute approximate surface area is 182 Å². The number of anilines is 1. The number of aliphatic imine (C=N–C) groups is 1. The molecule has 0 aliphatic carbocycles. The third-order valence-electron chi connectivity index (χ3n) is 6.95. The van der Waals surface area contributed by atoms with Crippen molar-refractivity contribution in [3.05, 3.63) is 72.4 Å². The second-order valence-corrected chi connectivity index (χ2v) is 9.00. The zero-order chi connectivity index (χ0) is 21.2. The van der Waals surface area contributed by atoms with Crippen molar-refractivity contribution in [3.63, 3.8) is 0 Å². The summed E-state index contributed by atoms with van der Waals surface area (Å²) in [6.07, 6.45) is 4.91. The summed E-state index contributed by atoms with van der Waals surface area (Å²) in [5.41, 5.74) is 3.52. The Hall–Kier alpha value is -3.40. The van der Waals surface area contributed by atoms with E-state index >= 15 is 0 Å². The zero-order valence-corrected chi connectivity index (χ0v) is 18.1. The summed E-state index contributed by atoms with van der Waals surface area (Å²) < 4.78 is 6.92. The molecular formula is C27H25N3O. The van der Waals surface area contributed by atoms with Gasteiger partial charge in [0.25, 0.3) is 0 Å². The van der Waals surface area contributed by atoms with E-state index in [1.807, 2.05) is 18.5 Å². The first-order valence-electron chi connectivity index (χ1n) is 11.0. The van der Waals surface area contributed by atoms with Crippen molar-refractivity contribution in [1.82, 2.24) is 4.98 Å². The molecule has 4 aromatic rings. The van der Waals surface area contributed by atoms with Gasteiger partial charge in [-0.05, 0) is 50.1 Å². The van der Waals surface area contributed by atoms with Crippen molar-refractivity contribution in [2.45, 2.75) is 38.3 Å². The van der Waals surface area contributed by atoms with Gasteiger partial charge in [0.1, 0.15) is 11.4 Å². The number of rotatable bonds is 2. The minimum absolute atomic E-state index is 0.250. The average Bonchev–Trinajstić information content (AvgIpc) is 2.97. The Morgan fingerprint density at radius 1 is 0.935 bits per heavy atom. The topological polar surface area (TPSA) is 37.7 Å². The zero-order valence-electron chi connectivity index (χ0n) is 18.1. The van der Waals surface area contributed by atoms with Crippen LogP contribution in [-0.2, 0) is 5.41 Å². The van der Waals surface area contributed by atoms with Crippen molar-refractivity contribution < 1.29 is 4.74 Å². The fourth-order valence-corrected chi connectivity index (χ4v) is 5.35. The summed E-state index contributed by atoms with van der Waals surface area (Å²) in [5, 5.41) is 3.31. The van der Waals surface area contributed by atoms with Gasteiger partial charge in [0.2, 0.25) is 5.72 Å². The number of hydrogen-bond acceptors (Lipinski definition) is 4. The molecule has 4 heteroatoms. The van der Waals surface area contributed by atoms with E-state index in [-0.39, 0.29) is 5.41 Å². The molecule has 2 aliphatic heterocycles. The molecule has 154 valence electrons. The lowest BCUT2D eigenvalue weighted by molar-refractivity contribution is 0.0778. The van der Waals surface area contributed by atoms with Crippen LogP contribution in [-0.4, -0.2) is 23.5 Å². The maximum atomic E-state index is 6.92. The molecule has 0 bridgehead atoms. The van der Waals surface area contributed by atoms with E-state index in [1.54, 1.807) is 0 Å². The standard InChI is InChI=1S/C27H25N3O/c1-4-16-30-22-10-6-5-9-21(22)26(2,3)27(30)17-29-25-20-12-11-18-8-7-15-28-24(18)19(20)13-14-23(25)31-27/h5-15,17H,4,16H2,1-3H3. The first-order valence-corrected chi connectivity index (χ1v) is 11.0. The first-order chi connectivity index (χ1) is 15.1. The lowest BCUT2D eigenvalue weighted by Crippen LogP contribution is -2.62. The summed E-state index contributed by atoms with van der Waals surface area (Å²) >= 11 is 0. The number of aromatic nitrogens is 1. The first kappa shape index (κ1) is 18.4. The van der Waals surface area contributed by atoms with Crippen molar-refractivity contribution >= 4 is 39.3 Å². The van der Waals surface area contributed by atoms with Crippen LogP contribution in [0.2, 0.25) is 0 Å². The largest absolute Gasteiger partial charge is 0.459 e. The van der Waals surface area contributed by atoms with Gasteiger partial charge in [-0.15, -0.1) is 0 Å². The van der Waals surface area contributed by atoms with E-state index in [0.29, 0.717) is 0 Å². The van der Waals surface area contributed by atoms with E-state index in [9.17, 15) is 0 Å². The van der Waals surface area contributed by atoms with Crippen molar-refractivity contribution in [3.8, 4) is 5.75 Å². The minimum Gasteiger partial charge on any atom is -0.459 e. The Balaban J connectivity index is 1.56. The van der Waals surface area contributed by atoms with Crippen molar-refractivity contribution in [2.75, 3.05) is 11.4 Å². The number of benzene rings is 3. The van der Waals surface area contributed by atoms with Gasteiger partial charge in [0.05, 0.1) is 17.1 Å². The minimum atomic E-state index is -0.650. The second-order valence-electron chi connectivity index (χ2n) is 9.00. The van der Waals surface area contributed by atoms with Crippen LogP contribution in [0.15, 0.2) is 71.9 Å². The molecule has 0 amide bonds. The lowest BCUT2D eigenvalue weighted by Gasteiger charge is -2.46. The van der Waals surface area contributed by atoms with E-state index in [1.165, 1.54) is 11.3 Å². The Bertz CT molecular complexity index is 1370. The van der Waals surface area contributed by atoms with Gasteiger partial charge in [-0.2, -0.15) is 0 Å². The lowest BCUT2D eigenvalue weighted by atomic mass is 9.77. The molecule has 0 saturated carbocycles. The quantitative estimate of drug-likeness (QED) is 0.362. The summed E-state index contributed by atoms with van der Waals surface area (Å²) in [6.45, 7) is 7.64. The number of fused-ring (bicyclic) bond motifs is 6. The third-order valence-corrected chi connectivity index (χ3v) is 6.95. The molecule has 3 aromatic carbocycles. The van der Waals surface area contributed by atoms with Crippen LogP contribution in [0.4, 0.5) is 11.4 Å². The van der Waals surface area contributed by atoms with E-state index < -0.39 is 5.72 Å². The molecular weight excluding hydrogens is 382 g/mol. The van der Waals surface area contributed by atoms with Crippen LogP contribution >= 0.6 is 0 Å². The van der Waals surface area contributed by atoms with Gasteiger partial charge >= 0.3 is 0 Å². The molecule has 4 nitrogen and oxygen atoms in total. The third kappa shape index (κ3) is 2.30. The molecule has 0 fully saturated rings. The summed E-state index contributed by atoms with van der Waals surface area (Å²) in [7, 11) is 0. The Morgan fingerprint density at radius 2 is 1.77 bits per heavy atom. The smallest absolute Gasteiger partial charge is 0.228 e. The van der Waals surface area contributed by atoms with E-state index in [4.69, 9.17) is 9.73 Å². The molecule has 1 aromatic heterocycles. The van der Waals surface area contributed by atoms with Crippen molar-refractivity contribution in [1.29, 1.82) is 0 Å². The molecule has 6 rings (SSSR count). The molecule has 31 heavy (non-hydrogen) atoms.